The van der Waals surface area contributed by atoms with E-state index in [9.17, 15) is 14.4 Å². The second-order valence-corrected chi connectivity index (χ2v) is 6.97. The molecule has 0 saturated carbocycles. The van der Waals surface area contributed by atoms with Crippen LogP contribution in [0.2, 0.25) is 0 Å². The monoisotopic (exact) mass is 397 g/mol. The minimum atomic E-state index is -0.637. The first-order chi connectivity index (χ1) is 12.9. The van der Waals surface area contributed by atoms with Crippen LogP contribution >= 0.6 is 0 Å². The van der Waals surface area contributed by atoms with Crippen LogP contribution in [0.1, 0.15) is 60.1 Å². The molecule has 28 heavy (non-hydrogen) atoms. The Balaban J connectivity index is 0.00000227. The molecule has 0 radical (unpaired) electrons. The average molecular weight is 397 g/mol. The van der Waals surface area contributed by atoms with Gasteiger partial charge in [-0.2, -0.15) is 0 Å². The summed E-state index contributed by atoms with van der Waals surface area (Å²) in [5.74, 6) is -1.07. The van der Waals surface area contributed by atoms with Crippen molar-refractivity contribution in [2.45, 2.75) is 60.1 Å². The highest BCUT2D eigenvalue weighted by atomic mass is 16.6. The van der Waals surface area contributed by atoms with Crippen molar-refractivity contribution in [3.8, 4) is 11.5 Å². The fourth-order valence-corrected chi connectivity index (χ4v) is 2.06. The number of carbonyl (C=O) groups excluding carboxylic acids is 3. The van der Waals surface area contributed by atoms with E-state index in [0.717, 1.165) is 0 Å². The molecule has 0 aromatic heterocycles. The van der Waals surface area contributed by atoms with Crippen molar-refractivity contribution in [2.24, 2.45) is 0 Å². The van der Waals surface area contributed by atoms with Crippen LogP contribution in [0, 0.1) is 0 Å². The molecule has 158 valence electrons. The minimum absolute atomic E-state index is 0.190. The van der Waals surface area contributed by atoms with Crippen LogP contribution < -0.4 is 14.8 Å². The minimum Gasteiger partial charge on any atom is -0.456 e. The molecule has 0 bridgehead atoms. The zero-order valence-corrected chi connectivity index (χ0v) is 17.6. The number of rotatable bonds is 6. The van der Waals surface area contributed by atoms with Crippen LogP contribution in [0.3, 0.4) is 0 Å². The van der Waals surface area contributed by atoms with Crippen molar-refractivity contribution in [1.82, 2.24) is 5.32 Å². The van der Waals surface area contributed by atoms with Crippen LogP contribution in [0.15, 0.2) is 18.2 Å². The molecule has 8 heteroatoms. The van der Waals surface area contributed by atoms with Crippen molar-refractivity contribution >= 4 is 17.9 Å². The van der Waals surface area contributed by atoms with Crippen LogP contribution in [-0.2, 0) is 19.1 Å². The Kier molecular flexibility index (Phi) is 11.0. The number of nitrogens with one attached hydrogen (secondary N) is 1. The van der Waals surface area contributed by atoms with Crippen molar-refractivity contribution in [1.29, 1.82) is 0 Å². The molecule has 0 fully saturated rings. The summed E-state index contributed by atoms with van der Waals surface area (Å²) < 4.78 is 15.5. The summed E-state index contributed by atoms with van der Waals surface area (Å²) in [5, 5.41) is 10.8. The number of hydrogen-bond donors (Lipinski definition) is 2. The fraction of sp³-hybridized carbons (Fsp3) is 0.550. The van der Waals surface area contributed by atoms with Crippen LogP contribution in [0.25, 0.3) is 0 Å². The van der Waals surface area contributed by atoms with Gasteiger partial charge in [-0.25, -0.2) is 0 Å². The summed E-state index contributed by atoms with van der Waals surface area (Å²) >= 11 is 0. The number of esters is 3. The molecule has 8 nitrogen and oxygen atoms in total. The lowest BCUT2D eigenvalue weighted by Crippen LogP contribution is -2.39. The van der Waals surface area contributed by atoms with Crippen LogP contribution in [-0.4, -0.2) is 41.7 Å². The van der Waals surface area contributed by atoms with E-state index in [1.54, 1.807) is 19.1 Å². The van der Waals surface area contributed by atoms with Crippen molar-refractivity contribution in [2.75, 3.05) is 13.2 Å². The highest BCUT2D eigenvalue weighted by molar-refractivity contribution is 5.71. The first kappa shape index (κ1) is 25.6. The Morgan fingerprint density at radius 1 is 0.964 bits per heavy atom. The molecule has 0 heterocycles. The largest absolute Gasteiger partial charge is 0.456 e. The molecule has 0 aliphatic carbocycles. The lowest BCUT2D eigenvalue weighted by molar-refractivity contribution is -0.146. The average Bonchev–Trinajstić information content (AvgIpc) is 2.49. The topological polar surface area (TPSA) is 111 Å². The number of aliphatic hydroxyl groups is 1. The van der Waals surface area contributed by atoms with E-state index in [1.165, 1.54) is 26.8 Å². The smallest absolute Gasteiger partial charge is 0.308 e. The van der Waals surface area contributed by atoms with Crippen molar-refractivity contribution in [3.63, 3.8) is 0 Å². The van der Waals surface area contributed by atoms with Gasteiger partial charge in [-0.05, 0) is 39.8 Å². The Bertz CT molecular complexity index is 631. The number of hydrogen-bond acceptors (Lipinski definition) is 8. The molecule has 1 atom stereocenters. The third kappa shape index (κ3) is 12.0. The van der Waals surface area contributed by atoms with Gasteiger partial charge in [-0.15, -0.1) is 0 Å². The molecule has 1 unspecified atom stereocenters. The van der Waals surface area contributed by atoms with Crippen molar-refractivity contribution in [3.05, 3.63) is 23.8 Å². The van der Waals surface area contributed by atoms with E-state index in [1.807, 2.05) is 20.8 Å². The maximum absolute atomic E-state index is 11.5. The zero-order valence-electron chi connectivity index (χ0n) is 17.6. The normalized spacial score (nSPS) is 11.6. The van der Waals surface area contributed by atoms with Crippen LogP contribution in [0.4, 0.5) is 0 Å². The standard InChI is InChI=1S/C18H25NO6.C2H6O/c1-11(20)23-15-7-14(8-16(9-15)24-12(2)21)17(25-13(3)22)10-19-18(4,5)6;1-2-3/h7-9,17,19H,10H2,1-6H3;3H,2H2,1H3. The fourth-order valence-electron chi connectivity index (χ4n) is 2.06. The Morgan fingerprint density at radius 3 is 1.71 bits per heavy atom. The molecular formula is C20H31NO7. The first-order valence-electron chi connectivity index (χ1n) is 8.92. The third-order valence-corrected chi connectivity index (χ3v) is 2.92. The van der Waals surface area contributed by atoms with Gasteiger partial charge in [0, 0.05) is 51.1 Å². The molecule has 0 saturated heterocycles. The number of aliphatic hydroxyl groups excluding tert-OH is 1. The predicted octanol–water partition coefficient (Wildman–Crippen LogP) is 2.53. The van der Waals surface area contributed by atoms with E-state index >= 15 is 0 Å². The Labute approximate surface area is 166 Å². The highest BCUT2D eigenvalue weighted by Gasteiger charge is 2.21. The molecule has 1 rings (SSSR count). The van der Waals surface area contributed by atoms with E-state index in [-0.39, 0.29) is 23.6 Å². The molecular weight excluding hydrogens is 366 g/mol. The van der Waals surface area contributed by atoms with E-state index < -0.39 is 24.0 Å². The number of benzene rings is 1. The predicted molar refractivity (Wildman–Crippen MR) is 104 cm³/mol. The van der Waals surface area contributed by atoms with Gasteiger partial charge in [0.05, 0.1) is 0 Å². The second kappa shape index (κ2) is 12.1. The first-order valence-corrected chi connectivity index (χ1v) is 8.92. The van der Waals surface area contributed by atoms with Gasteiger partial charge in [0.15, 0.2) is 0 Å². The Morgan fingerprint density at radius 2 is 1.39 bits per heavy atom. The number of ether oxygens (including phenoxy) is 3. The molecule has 2 N–H and O–H groups in total. The van der Waals surface area contributed by atoms with Crippen molar-refractivity contribution < 1.29 is 33.7 Å². The lowest BCUT2D eigenvalue weighted by atomic mass is 10.1. The van der Waals surface area contributed by atoms with Gasteiger partial charge in [0.1, 0.15) is 17.6 Å². The van der Waals surface area contributed by atoms with Gasteiger partial charge in [-0.3, -0.25) is 14.4 Å². The van der Waals surface area contributed by atoms with Gasteiger partial charge < -0.3 is 24.6 Å². The molecule has 0 amide bonds. The van der Waals surface area contributed by atoms with Gasteiger partial charge in [0.2, 0.25) is 0 Å². The third-order valence-electron chi connectivity index (χ3n) is 2.92. The number of carbonyl (C=O) groups is 3. The lowest BCUT2D eigenvalue weighted by Gasteiger charge is -2.25. The SMILES string of the molecule is CC(=O)Oc1cc(OC(C)=O)cc(C(CNC(C)(C)C)OC(C)=O)c1.CCO. The quantitative estimate of drug-likeness (QED) is 0.556. The molecule has 0 aliphatic heterocycles. The van der Waals surface area contributed by atoms with Gasteiger partial charge >= 0.3 is 17.9 Å². The van der Waals surface area contributed by atoms with Crippen LogP contribution in [0.5, 0.6) is 11.5 Å². The summed E-state index contributed by atoms with van der Waals surface area (Å²) in [5.41, 5.74) is 0.354. The van der Waals surface area contributed by atoms with E-state index in [2.05, 4.69) is 5.32 Å². The summed E-state index contributed by atoms with van der Waals surface area (Å²) in [7, 11) is 0. The summed E-state index contributed by atoms with van der Waals surface area (Å²) in [4.78, 5) is 33.9. The highest BCUT2D eigenvalue weighted by Crippen LogP contribution is 2.29. The zero-order chi connectivity index (χ0) is 21.9. The molecule has 1 aromatic carbocycles. The van der Waals surface area contributed by atoms with E-state index in [0.29, 0.717) is 12.1 Å². The summed E-state index contributed by atoms with van der Waals surface area (Å²) in [6.45, 7) is 12.1. The summed E-state index contributed by atoms with van der Waals surface area (Å²) in [6, 6.07) is 4.58. The molecule has 0 aliphatic rings. The van der Waals surface area contributed by atoms with E-state index in [4.69, 9.17) is 19.3 Å². The maximum Gasteiger partial charge on any atom is 0.308 e. The molecule has 1 aromatic rings. The van der Waals surface area contributed by atoms with Gasteiger partial charge in [-0.1, -0.05) is 0 Å². The second-order valence-electron chi connectivity index (χ2n) is 6.97. The summed E-state index contributed by atoms with van der Waals surface area (Å²) in [6.07, 6.45) is -0.637. The molecule has 0 spiro atoms. The van der Waals surface area contributed by atoms with Gasteiger partial charge in [0.25, 0.3) is 0 Å². The Hall–Kier alpha value is -2.45. The maximum atomic E-state index is 11.5.